The monoisotopic (exact) mass is 482 g/mol. The fraction of sp³-hybridized carbons (Fsp3) is 0.0870. The van der Waals surface area contributed by atoms with E-state index in [4.69, 9.17) is 16.3 Å². The van der Waals surface area contributed by atoms with E-state index >= 15 is 0 Å². The fourth-order valence-electron chi connectivity index (χ4n) is 3.05. The van der Waals surface area contributed by atoms with E-state index in [0.29, 0.717) is 17.1 Å². The van der Waals surface area contributed by atoms with Crippen molar-refractivity contribution in [1.29, 1.82) is 0 Å². The predicted octanol–water partition coefficient (Wildman–Crippen LogP) is 4.72. The minimum atomic E-state index is -0.641. The maximum atomic E-state index is 12.9. The maximum absolute atomic E-state index is 12.9. The molecule has 11 heteroatoms. The molecule has 0 radical (unpaired) electrons. The Morgan fingerprint density at radius 3 is 2.24 bits per heavy atom. The van der Waals surface area contributed by atoms with Crippen molar-refractivity contribution in [3.8, 4) is 5.75 Å². The standard InChI is InChI=1S/C23H19ClN4O6/c1-13(29)25-20-11-14(7-10-21(20)34-2)26-23(31)17-5-3-4-6-19(17)27-22(30)16-9-8-15(28(32)33)12-18(16)24/h3-12H,1-2H3,(H,25,29)(H,26,31)(H,27,30). The van der Waals surface area contributed by atoms with E-state index in [1.54, 1.807) is 24.3 Å². The molecule has 0 fully saturated rings. The molecule has 0 saturated heterocycles. The number of nitro benzene ring substituents is 1. The number of benzene rings is 3. The molecule has 0 atom stereocenters. The van der Waals surface area contributed by atoms with Crippen LogP contribution < -0.4 is 20.7 Å². The van der Waals surface area contributed by atoms with Crippen LogP contribution in [0.15, 0.2) is 60.7 Å². The lowest BCUT2D eigenvalue weighted by Crippen LogP contribution is -2.18. The Labute approximate surface area is 199 Å². The second-order valence-electron chi connectivity index (χ2n) is 6.97. The number of carbonyl (C=O) groups excluding carboxylic acids is 3. The number of nitrogens with one attached hydrogen (secondary N) is 3. The number of rotatable bonds is 7. The Morgan fingerprint density at radius 2 is 1.59 bits per heavy atom. The van der Waals surface area contributed by atoms with Gasteiger partial charge in [-0.1, -0.05) is 23.7 Å². The van der Waals surface area contributed by atoms with Crippen LogP contribution >= 0.6 is 11.6 Å². The summed E-state index contributed by atoms with van der Waals surface area (Å²) in [4.78, 5) is 47.4. The summed E-state index contributed by atoms with van der Waals surface area (Å²) < 4.78 is 5.20. The first-order chi connectivity index (χ1) is 16.2. The summed E-state index contributed by atoms with van der Waals surface area (Å²) >= 11 is 6.03. The zero-order valence-electron chi connectivity index (χ0n) is 18.0. The zero-order valence-corrected chi connectivity index (χ0v) is 18.8. The van der Waals surface area contributed by atoms with Gasteiger partial charge in [0.1, 0.15) is 5.75 Å². The number of methoxy groups -OCH3 is 1. The molecule has 0 aliphatic rings. The largest absolute Gasteiger partial charge is 0.495 e. The molecule has 174 valence electrons. The summed E-state index contributed by atoms with van der Waals surface area (Å²) in [6.07, 6.45) is 0. The number of nitro groups is 1. The molecule has 3 rings (SSSR count). The van der Waals surface area contributed by atoms with Crippen LogP contribution in [0.4, 0.5) is 22.7 Å². The highest BCUT2D eigenvalue weighted by Crippen LogP contribution is 2.29. The van der Waals surface area contributed by atoms with Gasteiger partial charge in [-0.25, -0.2) is 0 Å². The highest BCUT2D eigenvalue weighted by molar-refractivity contribution is 6.34. The maximum Gasteiger partial charge on any atom is 0.270 e. The van der Waals surface area contributed by atoms with Crippen LogP contribution in [0.5, 0.6) is 5.75 Å². The van der Waals surface area contributed by atoms with Gasteiger partial charge in [-0.3, -0.25) is 24.5 Å². The van der Waals surface area contributed by atoms with E-state index in [-0.39, 0.29) is 33.4 Å². The van der Waals surface area contributed by atoms with Gasteiger partial charge in [-0.2, -0.15) is 0 Å². The highest BCUT2D eigenvalue weighted by Gasteiger charge is 2.18. The Morgan fingerprint density at radius 1 is 0.882 bits per heavy atom. The van der Waals surface area contributed by atoms with Crippen LogP contribution in [0.3, 0.4) is 0 Å². The third-order valence-corrected chi connectivity index (χ3v) is 4.91. The van der Waals surface area contributed by atoms with Gasteiger partial charge in [0.15, 0.2) is 0 Å². The van der Waals surface area contributed by atoms with Gasteiger partial charge in [0.05, 0.1) is 39.6 Å². The van der Waals surface area contributed by atoms with Gasteiger partial charge >= 0.3 is 0 Å². The second-order valence-corrected chi connectivity index (χ2v) is 7.38. The number of amides is 3. The molecule has 3 N–H and O–H groups in total. The smallest absolute Gasteiger partial charge is 0.270 e. The van der Waals surface area contributed by atoms with Crippen molar-refractivity contribution in [1.82, 2.24) is 0 Å². The molecular weight excluding hydrogens is 464 g/mol. The Hall–Kier alpha value is -4.44. The van der Waals surface area contributed by atoms with Gasteiger partial charge in [0, 0.05) is 24.7 Å². The molecule has 0 aliphatic carbocycles. The van der Waals surface area contributed by atoms with Crippen molar-refractivity contribution < 1.29 is 24.0 Å². The molecule has 0 heterocycles. The molecule has 10 nitrogen and oxygen atoms in total. The summed E-state index contributed by atoms with van der Waals surface area (Å²) in [6, 6.07) is 14.5. The Kier molecular flexibility index (Phi) is 7.44. The summed E-state index contributed by atoms with van der Waals surface area (Å²) in [5.74, 6) is -1.05. The lowest BCUT2D eigenvalue weighted by Gasteiger charge is -2.14. The lowest BCUT2D eigenvalue weighted by atomic mass is 10.1. The van der Waals surface area contributed by atoms with Gasteiger partial charge in [0.25, 0.3) is 17.5 Å². The zero-order chi connectivity index (χ0) is 24.8. The number of anilines is 3. The SMILES string of the molecule is COc1ccc(NC(=O)c2ccccc2NC(=O)c2ccc([N+](=O)[O-])cc2Cl)cc1NC(C)=O. The first-order valence-corrected chi connectivity index (χ1v) is 10.2. The first kappa shape index (κ1) is 24.2. The lowest BCUT2D eigenvalue weighted by molar-refractivity contribution is -0.384. The summed E-state index contributed by atoms with van der Waals surface area (Å²) in [5, 5.41) is 18.7. The van der Waals surface area contributed by atoms with Crippen molar-refractivity contribution in [2.24, 2.45) is 0 Å². The molecule has 3 amide bonds. The van der Waals surface area contributed by atoms with E-state index in [9.17, 15) is 24.5 Å². The fourth-order valence-corrected chi connectivity index (χ4v) is 3.31. The van der Waals surface area contributed by atoms with Crippen molar-refractivity contribution in [2.75, 3.05) is 23.1 Å². The molecule has 3 aromatic rings. The number of hydrogen-bond acceptors (Lipinski definition) is 6. The Balaban J connectivity index is 1.83. The number of hydrogen-bond donors (Lipinski definition) is 3. The van der Waals surface area contributed by atoms with Crippen molar-refractivity contribution in [2.45, 2.75) is 6.92 Å². The minimum Gasteiger partial charge on any atom is -0.495 e. The molecule has 0 aliphatic heterocycles. The third-order valence-electron chi connectivity index (χ3n) is 4.60. The van der Waals surface area contributed by atoms with Gasteiger partial charge in [-0.05, 0) is 36.4 Å². The predicted molar refractivity (Wildman–Crippen MR) is 128 cm³/mol. The number of ether oxygens (including phenoxy) is 1. The highest BCUT2D eigenvalue weighted by atomic mass is 35.5. The Bertz CT molecular complexity index is 1290. The molecule has 0 spiro atoms. The van der Waals surface area contributed by atoms with Gasteiger partial charge in [-0.15, -0.1) is 0 Å². The summed E-state index contributed by atoms with van der Waals surface area (Å²) in [5.41, 5.74) is 0.883. The minimum absolute atomic E-state index is 0.0116. The number of non-ortho nitro benzene ring substituents is 1. The van der Waals surface area contributed by atoms with Crippen molar-refractivity contribution in [3.63, 3.8) is 0 Å². The van der Waals surface area contributed by atoms with Crippen LogP contribution in [0.1, 0.15) is 27.6 Å². The molecule has 0 saturated carbocycles. The van der Waals surface area contributed by atoms with Gasteiger partial charge < -0.3 is 20.7 Å². The number of para-hydroxylation sites is 1. The van der Waals surface area contributed by atoms with Crippen LogP contribution in [-0.2, 0) is 4.79 Å². The molecule has 34 heavy (non-hydrogen) atoms. The molecule has 0 aromatic heterocycles. The molecule has 0 unspecified atom stereocenters. The molecule has 3 aromatic carbocycles. The third kappa shape index (κ3) is 5.67. The van der Waals surface area contributed by atoms with E-state index in [0.717, 1.165) is 12.1 Å². The molecule has 0 bridgehead atoms. The summed E-state index contributed by atoms with van der Waals surface area (Å²) in [6.45, 7) is 1.35. The van der Waals surface area contributed by atoms with Crippen molar-refractivity contribution in [3.05, 3.63) is 86.9 Å². The second kappa shape index (κ2) is 10.5. The van der Waals surface area contributed by atoms with Crippen LogP contribution in [0, 0.1) is 10.1 Å². The molecular formula is C23H19ClN4O6. The number of halogens is 1. The van der Waals surface area contributed by atoms with Crippen LogP contribution in [0.2, 0.25) is 5.02 Å². The van der Waals surface area contributed by atoms with Crippen LogP contribution in [-0.4, -0.2) is 29.8 Å². The number of nitrogens with zero attached hydrogens (tertiary/aromatic N) is 1. The quantitative estimate of drug-likeness (QED) is 0.329. The average molecular weight is 483 g/mol. The average Bonchev–Trinajstić information content (AvgIpc) is 2.79. The van der Waals surface area contributed by atoms with E-state index < -0.39 is 16.7 Å². The normalized spacial score (nSPS) is 10.2. The number of carbonyl (C=O) groups is 3. The summed E-state index contributed by atoms with van der Waals surface area (Å²) in [7, 11) is 1.45. The van der Waals surface area contributed by atoms with E-state index in [1.165, 1.54) is 38.3 Å². The van der Waals surface area contributed by atoms with Gasteiger partial charge in [0.2, 0.25) is 5.91 Å². The van der Waals surface area contributed by atoms with E-state index in [1.807, 2.05) is 0 Å². The first-order valence-electron chi connectivity index (χ1n) is 9.81. The van der Waals surface area contributed by atoms with E-state index in [2.05, 4.69) is 16.0 Å². The van der Waals surface area contributed by atoms with Crippen molar-refractivity contribution >= 4 is 52.1 Å². The van der Waals surface area contributed by atoms with Crippen LogP contribution in [0.25, 0.3) is 0 Å². The topological polar surface area (TPSA) is 140 Å².